The molecule has 18 heavy (non-hydrogen) atoms. The van der Waals surface area contributed by atoms with E-state index in [4.69, 9.17) is 9.84 Å². The van der Waals surface area contributed by atoms with Gasteiger partial charge in [-0.3, -0.25) is 14.4 Å². The number of hydrogen-bond donors (Lipinski definition) is 3. The van der Waals surface area contributed by atoms with Gasteiger partial charge < -0.3 is 20.5 Å². The number of carbonyl (C=O) groups is 3. The molecule has 104 valence electrons. The summed E-state index contributed by atoms with van der Waals surface area (Å²) in [4.78, 5) is 33.0. The molecular formula is C11H20N2O5. The Morgan fingerprint density at radius 1 is 1.22 bits per heavy atom. The summed E-state index contributed by atoms with van der Waals surface area (Å²) in [6.45, 7) is 2.43. The van der Waals surface area contributed by atoms with Crippen molar-refractivity contribution in [3.8, 4) is 0 Å². The average Bonchev–Trinajstić information content (AvgIpc) is 2.32. The molecule has 0 fully saturated rings. The van der Waals surface area contributed by atoms with Gasteiger partial charge in [0.1, 0.15) is 6.04 Å². The van der Waals surface area contributed by atoms with Crippen LogP contribution in [0, 0.1) is 0 Å². The molecule has 0 aromatic rings. The minimum atomic E-state index is -1.10. The van der Waals surface area contributed by atoms with Crippen LogP contribution in [-0.4, -0.2) is 49.2 Å². The van der Waals surface area contributed by atoms with Gasteiger partial charge in [0.05, 0.1) is 0 Å². The third kappa shape index (κ3) is 8.51. The van der Waals surface area contributed by atoms with Gasteiger partial charge in [0.15, 0.2) is 0 Å². The highest BCUT2D eigenvalue weighted by molar-refractivity contribution is 5.86. The molecule has 0 saturated heterocycles. The Labute approximate surface area is 106 Å². The van der Waals surface area contributed by atoms with Crippen molar-refractivity contribution in [2.45, 2.75) is 32.2 Å². The van der Waals surface area contributed by atoms with Crippen LogP contribution in [0.5, 0.6) is 0 Å². The van der Waals surface area contributed by atoms with Gasteiger partial charge >= 0.3 is 5.97 Å². The van der Waals surface area contributed by atoms with Crippen LogP contribution in [0.15, 0.2) is 0 Å². The van der Waals surface area contributed by atoms with Gasteiger partial charge in [-0.05, 0) is 13.3 Å². The molecular weight excluding hydrogens is 240 g/mol. The van der Waals surface area contributed by atoms with Crippen LogP contribution in [-0.2, 0) is 19.1 Å². The molecule has 0 aliphatic rings. The molecule has 0 aromatic heterocycles. The van der Waals surface area contributed by atoms with Crippen LogP contribution in [0.2, 0.25) is 0 Å². The topological polar surface area (TPSA) is 105 Å². The van der Waals surface area contributed by atoms with Crippen LogP contribution in [0.3, 0.4) is 0 Å². The summed E-state index contributed by atoms with van der Waals surface area (Å²) in [7, 11) is 1.58. The van der Waals surface area contributed by atoms with Gasteiger partial charge in [0.2, 0.25) is 11.8 Å². The first-order valence-corrected chi connectivity index (χ1v) is 5.75. The molecule has 0 radical (unpaired) electrons. The van der Waals surface area contributed by atoms with E-state index in [1.807, 2.05) is 0 Å². The molecule has 0 aromatic carbocycles. The number of ether oxygens (including phenoxy) is 1. The van der Waals surface area contributed by atoms with E-state index in [1.165, 1.54) is 6.92 Å². The zero-order valence-electron chi connectivity index (χ0n) is 10.7. The molecule has 1 unspecified atom stereocenters. The van der Waals surface area contributed by atoms with E-state index in [0.717, 1.165) is 0 Å². The lowest BCUT2D eigenvalue weighted by molar-refractivity contribution is -0.141. The zero-order chi connectivity index (χ0) is 14.0. The van der Waals surface area contributed by atoms with Crippen LogP contribution >= 0.6 is 0 Å². The van der Waals surface area contributed by atoms with Gasteiger partial charge in [-0.25, -0.2) is 0 Å². The summed E-state index contributed by atoms with van der Waals surface area (Å²) in [5.41, 5.74) is 0. The number of carboxylic acids is 1. The van der Waals surface area contributed by atoms with E-state index in [1.54, 1.807) is 7.11 Å². The number of methoxy groups -OCH3 is 1. The van der Waals surface area contributed by atoms with Crippen molar-refractivity contribution in [1.29, 1.82) is 0 Å². The summed E-state index contributed by atoms with van der Waals surface area (Å²) in [5, 5.41) is 13.5. The molecule has 0 bridgehead atoms. The van der Waals surface area contributed by atoms with Crippen LogP contribution in [0.25, 0.3) is 0 Å². The minimum absolute atomic E-state index is 0.0201. The quantitative estimate of drug-likeness (QED) is 0.485. The van der Waals surface area contributed by atoms with Gasteiger partial charge in [0, 0.05) is 33.1 Å². The highest BCUT2D eigenvalue weighted by Gasteiger charge is 2.14. The van der Waals surface area contributed by atoms with Gasteiger partial charge in [-0.1, -0.05) is 0 Å². The van der Waals surface area contributed by atoms with Crippen LogP contribution in [0.4, 0.5) is 0 Å². The Bertz CT molecular complexity index is 293. The Morgan fingerprint density at radius 2 is 1.83 bits per heavy atom. The zero-order valence-corrected chi connectivity index (χ0v) is 10.7. The normalized spacial score (nSPS) is 11.7. The monoisotopic (exact) mass is 260 g/mol. The molecule has 0 aliphatic heterocycles. The van der Waals surface area contributed by atoms with E-state index in [0.29, 0.717) is 19.6 Å². The third-order valence-electron chi connectivity index (χ3n) is 2.17. The molecule has 0 rings (SSSR count). The lowest BCUT2D eigenvalue weighted by atomic mass is 10.2. The second-order valence-corrected chi connectivity index (χ2v) is 3.82. The first-order chi connectivity index (χ1) is 8.47. The number of aliphatic carboxylic acids is 1. The van der Waals surface area contributed by atoms with Crippen molar-refractivity contribution in [3.05, 3.63) is 0 Å². The largest absolute Gasteiger partial charge is 0.480 e. The SMILES string of the molecule is COCCCNC(=O)CCC(=O)NC(C)C(=O)O. The molecule has 7 nitrogen and oxygen atoms in total. The summed E-state index contributed by atoms with van der Waals surface area (Å²) in [6.07, 6.45) is 0.739. The van der Waals surface area contributed by atoms with E-state index in [9.17, 15) is 14.4 Å². The molecule has 0 aliphatic carbocycles. The molecule has 7 heteroatoms. The number of nitrogens with one attached hydrogen (secondary N) is 2. The maximum absolute atomic E-state index is 11.3. The number of rotatable bonds is 9. The van der Waals surface area contributed by atoms with Gasteiger partial charge in [-0.15, -0.1) is 0 Å². The van der Waals surface area contributed by atoms with Crippen LogP contribution < -0.4 is 10.6 Å². The third-order valence-corrected chi connectivity index (χ3v) is 2.17. The number of carboxylic acid groups (broad SMARTS) is 1. The maximum atomic E-state index is 11.3. The Balaban J connectivity index is 3.65. The first kappa shape index (κ1) is 16.4. The van der Waals surface area contributed by atoms with E-state index < -0.39 is 17.9 Å². The minimum Gasteiger partial charge on any atom is -0.480 e. The fourth-order valence-corrected chi connectivity index (χ4v) is 1.14. The predicted octanol–water partition coefficient (Wildman–Crippen LogP) is -0.491. The molecule has 0 saturated carbocycles. The van der Waals surface area contributed by atoms with E-state index >= 15 is 0 Å². The molecule has 0 spiro atoms. The van der Waals surface area contributed by atoms with Crippen molar-refractivity contribution in [3.63, 3.8) is 0 Å². The molecule has 1 atom stereocenters. The first-order valence-electron chi connectivity index (χ1n) is 5.75. The Morgan fingerprint density at radius 3 is 2.39 bits per heavy atom. The maximum Gasteiger partial charge on any atom is 0.325 e. The smallest absolute Gasteiger partial charge is 0.325 e. The molecule has 3 N–H and O–H groups in total. The Kier molecular flexibility index (Phi) is 8.55. The van der Waals surface area contributed by atoms with Crippen molar-refractivity contribution >= 4 is 17.8 Å². The van der Waals surface area contributed by atoms with Gasteiger partial charge in [0.25, 0.3) is 0 Å². The molecule has 2 amide bonds. The Hall–Kier alpha value is -1.63. The lowest BCUT2D eigenvalue weighted by Gasteiger charge is -2.09. The summed E-state index contributed by atoms with van der Waals surface area (Å²) < 4.78 is 4.82. The fraction of sp³-hybridized carbons (Fsp3) is 0.727. The van der Waals surface area contributed by atoms with Crippen molar-refractivity contribution in [1.82, 2.24) is 10.6 Å². The fourth-order valence-electron chi connectivity index (χ4n) is 1.14. The van der Waals surface area contributed by atoms with E-state index in [-0.39, 0.29) is 18.7 Å². The van der Waals surface area contributed by atoms with Crippen molar-refractivity contribution in [2.24, 2.45) is 0 Å². The summed E-state index contributed by atoms with van der Waals surface area (Å²) in [6, 6.07) is -0.942. The lowest BCUT2D eigenvalue weighted by Crippen LogP contribution is -2.38. The van der Waals surface area contributed by atoms with Crippen molar-refractivity contribution in [2.75, 3.05) is 20.3 Å². The predicted molar refractivity (Wildman–Crippen MR) is 64.0 cm³/mol. The highest BCUT2D eigenvalue weighted by atomic mass is 16.5. The highest BCUT2D eigenvalue weighted by Crippen LogP contribution is 1.92. The second kappa shape index (κ2) is 9.41. The standard InChI is InChI=1S/C11H20N2O5/c1-8(11(16)17)13-10(15)5-4-9(14)12-6-3-7-18-2/h8H,3-7H2,1-2H3,(H,12,14)(H,13,15)(H,16,17). The summed E-state index contributed by atoms with van der Waals surface area (Å²) in [5.74, 6) is -1.78. The van der Waals surface area contributed by atoms with Crippen LogP contribution in [0.1, 0.15) is 26.2 Å². The number of carbonyl (C=O) groups excluding carboxylic acids is 2. The van der Waals surface area contributed by atoms with Crippen molar-refractivity contribution < 1.29 is 24.2 Å². The summed E-state index contributed by atoms with van der Waals surface area (Å²) >= 11 is 0. The second-order valence-electron chi connectivity index (χ2n) is 3.82. The number of amides is 2. The van der Waals surface area contributed by atoms with Gasteiger partial charge in [-0.2, -0.15) is 0 Å². The number of hydrogen-bond acceptors (Lipinski definition) is 4. The van der Waals surface area contributed by atoms with E-state index in [2.05, 4.69) is 10.6 Å². The molecule has 0 heterocycles. The average molecular weight is 260 g/mol.